The number of nitrogens with one attached hydrogen (secondary N) is 2. The molecule has 3 aliphatic heterocycles. The summed E-state index contributed by atoms with van der Waals surface area (Å²) in [5.41, 5.74) is 0.831. The predicted molar refractivity (Wildman–Crippen MR) is 156 cm³/mol. The fraction of sp³-hybridized carbons (Fsp3) is 0.606. The van der Waals surface area contributed by atoms with Crippen molar-refractivity contribution in [3.63, 3.8) is 0 Å². The molecular formula is C33H43N3O5. The average molecular weight is 562 g/mol. The van der Waals surface area contributed by atoms with Crippen molar-refractivity contribution in [1.29, 1.82) is 0 Å². The van der Waals surface area contributed by atoms with E-state index < -0.39 is 29.6 Å². The average Bonchev–Trinajstić information content (AvgIpc) is 3.62. The number of hydrogen-bond donors (Lipinski definition) is 2. The number of benzene rings is 1. The third-order valence-corrected chi connectivity index (χ3v) is 10.4. The maximum absolute atomic E-state index is 14.2. The summed E-state index contributed by atoms with van der Waals surface area (Å²) in [6.45, 7) is 4.91. The first kappa shape index (κ1) is 28.0. The van der Waals surface area contributed by atoms with Crippen LogP contribution in [0.3, 0.4) is 0 Å². The van der Waals surface area contributed by atoms with Crippen molar-refractivity contribution in [3.8, 4) is 5.75 Å². The molecule has 1 aromatic carbocycles. The first-order valence-electron chi connectivity index (χ1n) is 15.4. The maximum Gasteiger partial charge on any atom is 0.246 e. The molecule has 2 saturated heterocycles. The highest BCUT2D eigenvalue weighted by atomic mass is 16.5. The second-order valence-electron chi connectivity index (χ2n) is 12.7. The lowest BCUT2D eigenvalue weighted by molar-refractivity contribution is -0.141. The van der Waals surface area contributed by atoms with Crippen LogP contribution >= 0.6 is 0 Å². The van der Waals surface area contributed by atoms with Crippen molar-refractivity contribution in [2.45, 2.75) is 89.0 Å². The smallest absolute Gasteiger partial charge is 0.246 e. The molecule has 3 heterocycles. The molecule has 2 aliphatic carbocycles. The van der Waals surface area contributed by atoms with E-state index in [1.165, 1.54) is 18.4 Å². The normalized spacial score (nSPS) is 35.7. The quantitative estimate of drug-likeness (QED) is 0.452. The molecule has 3 fully saturated rings. The third kappa shape index (κ3) is 4.98. The minimum Gasteiger partial charge on any atom is -0.497 e. The summed E-state index contributed by atoms with van der Waals surface area (Å²) in [6.07, 6.45) is 13.9. The summed E-state index contributed by atoms with van der Waals surface area (Å²) < 4.78 is 11.8. The van der Waals surface area contributed by atoms with Crippen LogP contribution in [-0.4, -0.2) is 60.1 Å². The van der Waals surface area contributed by atoms with Crippen molar-refractivity contribution in [1.82, 2.24) is 10.2 Å². The highest BCUT2D eigenvalue weighted by Gasteiger charge is 2.72. The van der Waals surface area contributed by atoms with Gasteiger partial charge in [0.1, 0.15) is 17.4 Å². The van der Waals surface area contributed by atoms with Gasteiger partial charge in [0.05, 0.1) is 25.0 Å². The fourth-order valence-corrected chi connectivity index (χ4v) is 7.85. The molecule has 3 amide bonds. The number of carbonyl (C=O) groups is 3. The molecule has 5 aliphatic rings. The van der Waals surface area contributed by atoms with Gasteiger partial charge >= 0.3 is 0 Å². The van der Waals surface area contributed by atoms with Crippen molar-refractivity contribution >= 4 is 23.4 Å². The van der Waals surface area contributed by atoms with Crippen LogP contribution in [0, 0.1) is 23.7 Å². The van der Waals surface area contributed by atoms with Gasteiger partial charge in [0.25, 0.3) is 0 Å². The topological polar surface area (TPSA) is 97.0 Å². The van der Waals surface area contributed by atoms with Crippen LogP contribution in [0.2, 0.25) is 0 Å². The van der Waals surface area contributed by atoms with Gasteiger partial charge in [-0.2, -0.15) is 0 Å². The van der Waals surface area contributed by atoms with Crippen LogP contribution in [0.4, 0.5) is 5.69 Å². The monoisotopic (exact) mass is 561 g/mol. The number of carbonyl (C=O) groups excluding carboxylic acids is 3. The van der Waals surface area contributed by atoms with Gasteiger partial charge in [-0.05, 0) is 74.6 Å². The molecule has 8 nitrogen and oxygen atoms in total. The standard InChI is InChI=1S/C33H43N3O5/c1-20-8-7-11-25(21(20)2)35-31(38)29-33-18-16-26(41-33)27(30(37)34-23-12-14-24(40-3)15-13-23)28(33)32(39)36(29)19-17-22-9-5-4-6-10-22/h9,12-16,18,20-21,25-29H,4-8,10-11,17,19H2,1-3H3,(H,34,37)(H,35,38). The van der Waals surface area contributed by atoms with Crippen LogP contribution in [-0.2, 0) is 19.1 Å². The number of amides is 3. The summed E-state index contributed by atoms with van der Waals surface area (Å²) in [4.78, 5) is 43.8. The Morgan fingerprint density at radius 2 is 1.90 bits per heavy atom. The number of allylic oxidation sites excluding steroid dienone is 1. The van der Waals surface area contributed by atoms with Crippen molar-refractivity contribution in [2.24, 2.45) is 23.7 Å². The van der Waals surface area contributed by atoms with E-state index >= 15 is 0 Å². The molecule has 1 spiro atoms. The van der Waals surface area contributed by atoms with Crippen LogP contribution in [0.1, 0.15) is 65.2 Å². The molecule has 2 bridgehead atoms. The summed E-state index contributed by atoms with van der Waals surface area (Å²) >= 11 is 0. The number of hydrogen-bond acceptors (Lipinski definition) is 5. The number of likely N-dealkylation sites (tertiary alicyclic amines) is 1. The van der Waals surface area contributed by atoms with Crippen LogP contribution in [0.15, 0.2) is 48.1 Å². The van der Waals surface area contributed by atoms with Crippen molar-refractivity contribution in [2.75, 3.05) is 19.0 Å². The molecule has 8 unspecified atom stereocenters. The lowest BCUT2D eigenvalue weighted by atomic mass is 9.73. The molecular weight excluding hydrogens is 518 g/mol. The van der Waals surface area contributed by atoms with E-state index in [-0.39, 0.29) is 23.8 Å². The molecule has 41 heavy (non-hydrogen) atoms. The van der Waals surface area contributed by atoms with E-state index in [0.717, 1.165) is 38.5 Å². The summed E-state index contributed by atoms with van der Waals surface area (Å²) in [5, 5.41) is 6.32. The number of methoxy groups -OCH3 is 1. The lowest BCUT2D eigenvalue weighted by Gasteiger charge is -2.38. The second kappa shape index (κ2) is 11.3. The Bertz CT molecular complexity index is 1240. The lowest BCUT2D eigenvalue weighted by Crippen LogP contribution is -2.58. The molecule has 1 aromatic rings. The fourth-order valence-electron chi connectivity index (χ4n) is 7.85. The predicted octanol–water partition coefficient (Wildman–Crippen LogP) is 4.62. The van der Waals surface area contributed by atoms with Gasteiger partial charge in [0, 0.05) is 18.3 Å². The van der Waals surface area contributed by atoms with E-state index in [9.17, 15) is 14.4 Å². The maximum atomic E-state index is 14.2. The highest BCUT2D eigenvalue weighted by molar-refractivity contribution is 6.02. The Kier molecular flexibility index (Phi) is 7.70. The molecule has 220 valence electrons. The second-order valence-corrected chi connectivity index (χ2v) is 12.7. The van der Waals surface area contributed by atoms with Gasteiger partial charge < -0.3 is 25.0 Å². The Hall–Kier alpha value is -3.13. The molecule has 0 radical (unpaired) electrons. The van der Waals surface area contributed by atoms with Gasteiger partial charge in [0.15, 0.2) is 0 Å². The number of anilines is 1. The molecule has 8 heteroatoms. The molecule has 6 rings (SSSR count). The van der Waals surface area contributed by atoms with Gasteiger partial charge in [-0.3, -0.25) is 14.4 Å². The van der Waals surface area contributed by atoms with E-state index in [4.69, 9.17) is 9.47 Å². The SMILES string of the molecule is COc1ccc(NC(=O)C2C3C=CC4(O3)C2C(=O)N(CCC2=CCCCC2)C4C(=O)NC2CCCC(C)C2C)cc1. The Morgan fingerprint density at radius 1 is 1.10 bits per heavy atom. The van der Waals surface area contributed by atoms with Gasteiger partial charge in [-0.25, -0.2) is 0 Å². The van der Waals surface area contributed by atoms with Gasteiger partial charge in [-0.1, -0.05) is 50.5 Å². The third-order valence-electron chi connectivity index (χ3n) is 10.4. The number of fused-ring (bicyclic) bond motifs is 1. The summed E-state index contributed by atoms with van der Waals surface area (Å²) in [7, 11) is 1.59. The minimum atomic E-state index is -1.14. The number of nitrogens with zero attached hydrogens (tertiary/aromatic N) is 1. The molecule has 2 N–H and O–H groups in total. The number of ether oxygens (including phenoxy) is 2. The highest BCUT2D eigenvalue weighted by Crippen LogP contribution is 2.55. The number of rotatable bonds is 8. The van der Waals surface area contributed by atoms with Crippen LogP contribution < -0.4 is 15.4 Å². The Labute approximate surface area is 242 Å². The first-order valence-corrected chi connectivity index (χ1v) is 15.4. The van der Waals surface area contributed by atoms with Crippen LogP contribution in [0.5, 0.6) is 5.75 Å². The minimum absolute atomic E-state index is 0.0662. The molecule has 0 aromatic heterocycles. The van der Waals surface area contributed by atoms with Gasteiger partial charge in [-0.15, -0.1) is 0 Å². The largest absolute Gasteiger partial charge is 0.497 e. The zero-order valence-electron chi connectivity index (χ0n) is 24.4. The van der Waals surface area contributed by atoms with Crippen molar-refractivity contribution < 1.29 is 23.9 Å². The van der Waals surface area contributed by atoms with Crippen LogP contribution in [0.25, 0.3) is 0 Å². The van der Waals surface area contributed by atoms with E-state index in [2.05, 4.69) is 30.6 Å². The molecule has 8 atom stereocenters. The zero-order valence-corrected chi connectivity index (χ0v) is 24.4. The molecule has 1 saturated carbocycles. The van der Waals surface area contributed by atoms with E-state index in [1.54, 1.807) is 36.3 Å². The Morgan fingerprint density at radius 3 is 2.63 bits per heavy atom. The van der Waals surface area contributed by atoms with E-state index in [1.807, 2.05) is 12.2 Å². The zero-order chi connectivity index (χ0) is 28.7. The Balaban J connectivity index is 1.27. The summed E-state index contributed by atoms with van der Waals surface area (Å²) in [6, 6.07) is 6.39. The first-order chi connectivity index (χ1) is 19.8. The van der Waals surface area contributed by atoms with Crippen molar-refractivity contribution in [3.05, 3.63) is 48.1 Å². The summed E-state index contributed by atoms with van der Waals surface area (Å²) in [5.74, 6) is -0.456. The van der Waals surface area contributed by atoms with E-state index in [0.29, 0.717) is 29.8 Å². The van der Waals surface area contributed by atoms with Gasteiger partial charge in [0.2, 0.25) is 17.7 Å².